The zero-order valence-corrected chi connectivity index (χ0v) is 11.1. The van der Waals surface area contributed by atoms with Crippen LogP contribution in [0.15, 0.2) is 24.3 Å². The van der Waals surface area contributed by atoms with Crippen LogP contribution in [-0.2, 0) is 6.42 Å². The third kappa shape index (κ3) is 3.55. The first-order valence-electron chi connectivity index (χ1n) is 6.73. The standard InChI is InChI=1S/C15H24N2/c1-13-6-3-4-7-14(13)9-10-16-12-15-8-5-11-17(15)2/h3-4,6-7,15-16H,5,8-12H2,1-2H3. The average molecular weight is 232 g/mol. The van der Waals surface area contributed by atoms with E-state index in [-0.39, 0.29) is 0 Å². The molecule has 0 aromatic heterocycles. The van der Waals surface area contributed by atoms with Gasteiger partial charge in [0.05, 0.1) is 0 Å². The quantitative estimate of drug-likeness (QED) is 0.783. The molecule has 0 amide bonds. The van der Waals surface area contributed by atoms with E-state index in [0.29, 0.717) is 0 Å². The Labute approximate surface area is 105 Å². The largest absolute Gasteiger partial charge is 0.315 e. The Morgan fingerprint density at radius 1 is 1.35 bits per heavy atom. The summed E-state index contributed by atoms with van der Waals surface area (Å²) >= 11 is 0. The van der Waals surface area contributed by atoms with E-state index < -0.39 is 0 Å². The number of nitrogens with zero attached hydrogens (tertiary/aromatic N) is 1. The molecular formula is C15H24N2. The lowest BCUT2D eigenvalue weighted by Gasteiger charge is -2.19. The predicted molar refractivity (Wildman–Crippen MR) is 73.4 cm³/mol. The zero-order chi connectivity index (χ0) is 12.1. The lowest BCUT2D eigenvalue weighted by Crippen LogP contribution is -2.36. The van der Waals surface area contributed by atoms with E-state index in [0.717, 1.165) is 25.6 Å². The molecule has 94 valence electrons. The highest BCUT2D eigenvalue weighted by Crippen LogP contribution is 2.13. The van der Waals surface area contributed by atoms with E-state index in [2.05, 4.69) is 48.5 Å². The van der Waals surface area contributed by atoms with Gasteiger partial charge in [-0.1, -0.05) is 24.3 Å². The molecule has 0 bridgehead atoms. The minimum atomic E-state index is 0.756. The van der Waals surface area contributed by atoms with Crippen LogP contribution in [0.3, 0.4) is 0 Å². The van der Waals surface area contributed by atoms with Crippen LogP contribution in [0.4, 0.5) is 0 Å². The molecule has 1 saturated heterocycles. The molecule has 1 unspecified atom stereocenters. The Morgan fingerprint density at radius 2 is 2.18 bits per heavy atom. The molecule has 0 aliphatic carbocycles. The SMILES string of the molecule is Cc1ccccc1CCNCC1CCCN1C. The molecule has 1 aliphatic rings. The van der Waals surface area contributed by atoms with Gasteiger partial charge in [-0.25, -0.2) is 0 Å². The van der Waals surface area contributed by atoms with Crippen LogP contribution in [0, 0.1) is 6.92 Å². The molecule has 2 heteroatoms. The normalized spacial score (nSPS) is 20.9. The van der Waals surface area contributed by atoms with E-state index >= 15 is 0 Å². The van der Waals surface area contributed by atoms with Crippen molar-refractivity contribution >= 4 is 0 Å². The van der Waals surface area contributed by atoms with Gasteiger partial charge >= 0.3 is 0 Å². The summed E-state index contributed by atoms with van der Waals surface area (Å²) in [6.45, 7) is 5.70. The molecule has 1 aromatic rings. The van der Waals surface area contributed by atoms with Gasteiger partial charge in [0.25, 0.3) is 0 Å². The predicted octanol–water partition coefficient (Wildman–Crippen LogP) is 2.22. The topological polar surface area (TPSA) is 15.3 Å². The van der Waals surface area contributed by atoms with Crippen LogP contribution < -0.4 is 5.32 Å². The summed E-state index contributed by atoms with van der Waals surface area (Å²) in [6.07, 6.45) is 3.86. The van der Waals surface area contributed by atoms with Crippen molar-refractivity contribution in [3.8, 4) is 0 Å². The van der Waals surface area contributed by atoms with Crippen molar-refractivity contribution in [2.24, 2.45) is 0 Å². The first-order chi connectivity index (χ1) is 8.27. The summed E-state index contributed by atoms with van der Waals surface area (Å²) in [5, 5.41) is 3.59. The summed E-state index contributed by atoms with van der Waals surface area (Å²) in [5.41, 5.74) is 2.88. The Hall–Kier alpha value is -0.860. The summed E-state index contributed by atoms with van der Waals surface area (Å²) in [6, 6.07) is 9.43. The maximum absolute atomic E-state index is 3.59. The van der Waals surface area contributed by atoms with Gasteiger partial charge in [-0.05, 0) is 57.5 Å². The van der Waals surface area contributed by atoms with E-state index in [9.17, 15) is 0 Å². The van der Waals surface area contributed by atoms with Crippen LogP contribution in [-0.4, -0.2) is 37.6 Å². The highest BCUT2D eigenvalue weighted by atomic mass is 15.2. The molecule has 1 atom stereocenters. The van der Waals surface area contributed by atoms with Gasteiger partial charge in [0.2, 0.25) is 0 Å². The number of hydrogen-bond acceptors (Lipinski definition) is 2. The number of hydrogen-bond donors (Lipinski definition) is 1. The Balaban J connectivity index is 1.68. The van der Waals surface area contributed by atoms with Crippen LogP contribution in [0.1, 0.15) is 24.0 Å². The highest BCUT2D eigenvalue weighted by molar-refractivity contribution is 5.25. The van der Waals surface area contributed by atoms with Crippen molar-refractivity contribution in [2.45, 2.75) is 32.2 Å². The van der Waals surface area contributed by atoms with Crippen molar-refractivity contribution in [3.63, 3.8) is 0 Å². The maximum atomic E-state index is 3.59. The molecule has 1 fully saturated rings. The second-order valence-corrected chi connectivity index (χ2v) is 5.16. The van der Waals surface area contributed by atoms with E-state index in [1.165, 1.54) is 30.5 Å². The van der Waals surface area contributed by atoms with Gasteiger partial charge in [-0.15, -0.1) is 0 Å². The van der Waals surface area contributed by atoms with Crippen LogP contribution in [0.2, 0.25) is 0 Å². The lowest BCUT2D eigenvalue weighted by molar-refractivity contribution is 0.301. The van der Waals surface area contributed by atoms with Crippen molar-refractivity contribution in [2.75, 3.05) is 26.7 Å². The first kappa shape index (κ1) is 12.6. The average Bonchev–Trinajstić information content (AvgIpc) is 2.73. The van der Waals surface area contributed by atoms with Crippen LogP contribution >= 0.6 is 0 Å². The molecule has 2 rings (SSSR count). The molecule has 17 heavy (non-hydrogen) atoms. The highest BCUT2D eigenvalue weighted by Gasteiger charge is 2.19. The molecule has 1 aromatic carbocycles. The minimum Gasteiger partial charge on any atom is -0.315 e. The van der Waals surface area contributed by atoms with Crippen molar-refractivity contribution in [3.05, 3.63) is 35.4 Å². The molecule has 0 radical (unpaired) electrons. The van der Waals surface area contributed by atoms with Gasteiger partial charge in [0.15, 0.2) is 0 Å². The second kappa shape index (κ2) is 6.18. The summed E-state index contributed by atoms with van der Waals surface area (Å²) in [5.74, 6) is 0. The Morgan fingerprint density at radius 3 is 2.88 bits per heavy atom. The molecule has 1 aliphatic heterocycles. The van der Waals surface area contributed by atoms with Gasteiger partial charge in [0.1, 0.15) is 0 Å². The lowest BCUT2D eigenvalue weighted by atomic mass is 10.1. The smallest absolute Gasteiger partial charge is 0.0218 e. The van der Waals surface area contributed by atoms with E-state index in [1.54, 1.807) is 0 Å². The zero-order valence-electron chi connectivity index (χ0n) is 11.1. The van der Waals surface area contributed by atoms with Crippen molar-refractivity contribution < 1.29 is 0 Å². The van der Waals surface area contributed by atoms with Gasteiger partial charge < -0.3 is 10.2 Å². The monoisotopic (exact) mass is 232 g/mol. The van der Waals surface area contributed by atoms with E-state index in [1.807, 2.05) is 0 Å². The van der Waals surface area contributed by atoms with Gasteiger partial charge in [-0.2, -0.15) is 0 Å². The summed E-state index contributed by atoms with van der Waals surface area (Å²) < 4.78 is 0. The molecule has 1 heterocycles. The fourth-order valence-corrected chi connectivity index (χ4v) is 2.62. The number of benzene rings is 1. The molecule has 0 saturated carbocycles. The fourth-order valence-electron chi connectivity index (χ4n) is 2.62. The Kier molecular flexibility index (Phi) is 4.57. The third-order valence-electron chi connectivity index (χ3n) is 3.88. The molecule has 0 spiro atoms. The summed E-state index contributed by atoms with van der Waals surface area (Å²) in [7, 11) is 2.24. The van der Waals surface area contributed by atoms with Gasteiger partial charge in [0, 0.05) is 12.6 Å². The maximum Gasteiger partial charge on any atom is 0.0218 e. The fraction of sp³-hybridized carbons (Fsp3) is 0.600. The number of aryl methyl sites for hydroxylation is 1. The van der Waals surface area contributed by atoms with E-state index in [4.69, 9.17) is 0 Å². The van der Waals surface area contributed by atoms with Crippen LogP contribution in [0.5, 0.6) is 0 Å². The first-order valence-corrected chi connectivity index (χ1v) is 6.73. The summed E-state index contributed by atoms with van der Waals surface area (Å²) in [4.78, 5) is 2.47. The number of likely N-dealkylation sites (tertiary alicyclic amines) is 1. The van der Waals surface area contributed by atoms with Gasteiger partial charge in [-0.3, -0.25) is 0 Å². The number of rotatable bonds is 5. The number of nitrogens with one attached hydrogen (secondary N) is 1. The minimum absolute atomic E-state index is 0.756. The Bertz CT molecular complexity index is 349. The second-order valence-electron chi connectivity index (χ2n) is 5.16. The van der Waals surface area contributed by atoms with Crippen molar-refractivity contribution in [1.82, 2.24) is 10.2 Å². The van der Waals surface area contributed by atoms with Crippen molar-refractivity contribution in [1.29, 1.82) is 0 Å². The third-order valence-corrected chi connectivity index (χ3v) is 3.88. The number of likely N-dealkylation sites (N-methyl/N-ethyl adjacent to an activating group) is 1. The van der Waals surface area contributed by atoms with Crippen LogP contribution in [0.25, 0.3) is 0 Å². The molecule has 1 N–H and O–H groups in total. The molecule has 2 nitrogen and oxygen atoms in total. The molecular weight excluding hydrogens is 208 g/mol.